The van der Waals surface area contributed by atoms with Crippen LogP contribution in [0.5, 0.6) is 0 Å². The average Bonchev–Trinajstić information content (AvgIpc) is 3.16. The molecule has 2 aromatic carbocycles. The van der Waals surface area contributed by atoms with Crippen LogP contribution in [0.2, 0.25) is 0 Å². The second-order valence-corrected chi connectivity index (χ2v) is 6.96. The number of nitrogens with one attached hydrogen (secondary N) is 2. The number of benzene rings is 2. The summed E-state index contributed by atoms with van der Waals surface area (Å²) >= 11 is 3.35. The van der Waals surface area contributed by atoms with Gasteiger partial charge < -0.3 is 15.2 Å². The first-order chi connectivity index (χ1) is 13.6. The fourth-order valence-electron chi connectivity index (χ4n) is 2.73. The van der Waals surface area contributed by atoms with Crippen molar-refractivity contribution in [3.05, 3.63) is 76.3 Å². The van der Waals surface area contributed by atoms with Gasteiger partial charge in [0.25, 0.3) is 11.8 Å². The Bertz CT molecular complexity index is 986. The van der Waals surface area contributed by atoms with Crippen LogP contribution in [-0.2, 0) is 13.0 Å². The van der Waals surface area contributed by atoms with Crippen LogP contribution < -0.4 is 10.6 Å². The number of hydrogen-bond donors (Lipinski definition) is 2. The van der Waals surface area contributed by atoms with E-state index in [9.17, 15) is 9.59 Å². The summed E-state index contributed by atoms with van der Waals surface area (Å²) in [6, 6.07) is 14.0. The van der Waals surface area contributed by atoms with Gasteiger partial charge in [0.1, 0.15) is 12.2 Å². The van der Waals surface area contributed by atoms with Crippen LogP contribution in [0.15, 0.2) is 59.3 Å². The number of para-hydroxylation sites is 1. The smallest absolute Gasteiger partial charge is 0.255 e. The van der Waals surface area contributed by atoms with Crippen molar-refractivity contribution in [2.75, 3.05) is 11.9 Å². The molecule has 0 saturated carbocycles. The molecule has 0 spiro atoms. The maximum atomic E-state index is 12.6. The Morgan fingerprint density at radius 3 is 2.71 bits per heavy atom. The summed E-state index contributed by atoms with van der Waals surface area (Å²) in [5, 5.41) is 13.6. The van der Waals surface area contributed by atoms with Crippen LogP contribution in [0.3, 0.4) is 0 Å². The monoisotopic (exact) mass is 441 g/mol. The molecule has 0 saturated heterocycles. The molecule has 0 aliphatic carbocycles. The minimum absolute atomic E-state index is 0.257. The fraction of sp³-hybridized carbons (Fsp3) is 0.200. The number of carbonyl (C=O) groups is 2. The molecular formula is C20H20BrN5O2. The molecule has 1 aromatic heterocycles. The highest BCUT2D eigenvalue weighted by Gasteiger charge is 2.14. The molecule has 7 nitrogen and oxygen atoms in total. The predicted molar refractivity (Wildman–Crippen MR) is 110 cm³/mol. The lowest BCUT2D eigenvalue weighted by Crippen LogP contribution is -2.27. The summed E-state index contributed by atoms with van der Waals surface area (Å²) in [7, 11) is 0. The number of aromatic nitrogens is 3. The third-order valence-electron chi connectivity index (χ3n) is 4.18. The minimum Gasteiger partial charge on any atom is -0.352 e. The van der Waals surface area contributed by atoms with Crippen molar-refractivity contribution in [3.8, 4) is 0 Å². The van der Waals surface area contributed by atoms with Gasteiger partial charge in [-0.05, 0) is 37.3 Å². The Morgan fingerprint density at radius 2 is 1.93 bits per heavy atom. The predicted octanol–water partition coefficient (Wildman–Crippen LogP) is 3.29. The van der Waals surface area contributed by atoms with Crippen molar-refractivity contribution < 1.29 is 9.59 Å². The first kappa shape index (κ1) is 19.8. The Kier molecular flexibility index (Phi) is 6.54. The zero-order chi connectivity index (χ0) is 19.9. The molecule has 0 atom stereocenters. The number of hydrogen-bond acceptors (Lipinski definition) is 4. The molecule has 0 bridgehead atoms. The van der Waals surface area contributed by atoms with Crippen molar-refractivity contribution in [2.24, 2.45) is 0 Å². The summed E-state index contributed by atoms with van der Waals surface area (Å²) < 4.78 is 2.74. The Balaban J connectivity index is 1.65. The van der Waals surface area contributed by atoms with Gasteiger partial charge in [-0.1, -0.05) is 34.1 Å². The van der Waals surface area contributed by atoms with E-state index in [1.165, 1.54) is 0 Å². The molecule has 1 heterocycles. The maximum absolute atomic E-state index is 12.6. The van der Waals surface area contributed by atoms with Gasteiger partial charge in [-0.25, -0.2) is 0 Å². The van der Waals surface area contributed by atoms with Crippen molar-refractivity contribution in [3.63, 3.8) is 0 Å². The molecule has 0 aliphatic heterocycles. The molecule has 8 heteroatoms. The molecule has 2 N–H and O–H groups in total. The van der Waals surface area contributed by atoms with Gasteiger partial charge in [-0.3, -0.25) is 9.59 Å². The standard InChI is InChI=1S/C20H20BrN5O2/c1-2-26-13-23-25-18(26)10-11-22-20(28)16-8-3-4-9-17(16)24-19(27)14-6-5-7-15(21)12-14/h3-9,12-13H,2,10-11H2,1H3,(H,22,28)(H,24,27). The second-order valence-electron chi connectivity index (χ2n) is 6.05. The van der Waals surface area contributed by atoms with E-state index in [0.717, 1.165) is 16.8 Å². The van der Waals surface area contributed by atoms with Crippen LogP contribution in [-0.4, -0.2) is 33.1 Å². The number of amides is 2. The van der Waals surface area contributed by atoms with Crippen LogP contribution in [0, 0.1) is 0 Å². The van der Waals surface area contributed by atoms with Crippen molar-refractivity contribution in [1.82, 2.24) is 20.1 Å². The van der Waals surface area contributed by atoms with Crippen LogP contribution in [0.25, 0.3) is 0 Å². The minimum atomic E-state index is -0.280. The summed E-state index contributed by atoms with van der Waals surface area (Å²) in [6.07, 6.45) is 2.25. The first-order valence-corrected chi connectivity index (χ1v) is 9.68. The van der Waals surface area contributed by atoms with Crippen molar-refractivity contribution in [2.45, 2.75) is 19.9 Å². The van der Waals surface area contributed by atoms with Gasteiger partial charge in [0.2, 0.25) is 0 Å². The van der Waals surface area contributed by atoms with Gasteiger partial charge in [-0.2, -0.15) is 0 Å². The largest absolute Gasteiger partial charge is 0.352 e. The second kappa shape index (κ2) is 9.27. The number of halogens is 1. The molecule has 144 valence electrons. The summed E-state index contributed by atoms with van der Waals surface area (Å²) in [6.45, 7) is 3.21. The SMILES string of the molecule is CCn1cnnc1CCNC(=O)c1ccccc1NC(=O)c1cccc(Br)c1. The molecule has 3 rings (SSSR count). The molecule has 0 radical (unpaired) electrons. The van der Waals surface area contributed by atoms with E-state index < -0.39 is 0 Å². The number of rotatable bonds is 7. The highest BCUT2D eigenvalue weighted by atomic mass is 79.9. The van der Waals surface area contributed by atoms with Crippen LogP contribution in [0.1, 0.15) is 33.5 Å². The Labute approximate surface area is 171 Å². The maximum Gasteiger partial charge on any atom is 0.255 e. The van der Waals surface area contributed by atoms with E-state index in [1.807, 2.05) is 17.6 Å². The summed E-state index contributed by atoms with van der Waals surface area (Å²) in [4.78, 5) is 25.1. The van der Waals surface area contributed by atoms with Crippen LogP contribution in [0.4, 0.5) is 5.69 Å². The lowest BCUT2D eigenvalue weighted by Gasteiger charge is -2.12. The van der Waals surface area contributed by atoms with Crippen LogP contribution >= 0.6 is 15.9 Å². The lowest BCUT2D eigenvalue weighted by molar-refractivity contribution is 0.0954. The molecule has 0 fully saturated rings. The number of anilines is 1. The normalized spacial score (nSPS) is 10.5. The Morgan fingerprint density at radius 1 is 1.11 bits per heavy atom. The molecule has 28 heavy (non-hydrogen) atoms. The Hall–Kier alpha value is -3.00. The van der Waals surface area contributed by atoms with E-state index in [2.05, 4.69) is 36.8 Å². The highest BCUT2D eigenvalue weighted by Crippen LogP contribution is 2.18. The van der Waals surface area contributed by atoms with Gasteiger partial charge >= 0.3 is 0 Å². The zero-order valence-corrected chi connectivity index (χ0v) is 16.9. The van der Waals surface area contributed by atoms with E-state index in [1.54, 1.807) is 48.8 Å². The molecule has 0 unspecified atom stereocenters. The quantitative estimate of drug-likeness (QED) is 0.588. The van der Waals surface area contributed by atoms with E-state index >= 15 is 0 Å². The van der Waals surface area contributed by atoms with E-state index in [4.69, 9.17) is 0 Å². The third kappa shape index (κ3) is 4.83. The van der Waals surface area contributed by atoms with E-state index in [-0.39, 0.29) is 11.8 Å². The molecule has 2 amide bonds. The summed E-state index contributed by atoms with van der Waals surface area (Å²) in [5.41, 5.74) is 1.37. The van der Waals surface area contributed by atoms with Gasteiger partial charge in [0.15, 0.2) is 0 Å². The van der Waals surface area contributed by atoms with Gasteiger partial charge in [0.05, 0.1) is 11.3 Å². The topological polar surface area (TPSA) is 88.9 Å². The average molecular weight is 442 g/mol. The van der Waals surface area contributed by atoms with E-state index in [0.29, 0.717) is 29.8 Å². The molecule has 0 aliphatic rings. The van der Waals surface area contributed by atoms with Crippen molar-refractivity contribution >= 4 is 33.4 Å². The number of carbonyl (C=O) groups excluding carboxylic acids is 2. The molecular weight excluding hydrogens is 422 g/mol. The third-order valence-corrected chi connectivity index (χ3v) is 4.67. The number of aryl methyl sites for hydroxylation is 1. The number of nitrogens with zero attached hydrogens (tertiary/aromatic N) is 3. The van der Waals surface area contributed by atoms with Gasteiger partial charge in [0, 0.05) is 29.5 Å². The van der Waals surface area contributed by atoms with Crippen molar-refractivity contribution in [1.29, 1.82) is 0 Å². The highest BCUT2D eigenvalue weighted by molar-refractivity contribution is 9.10. The fourth-order valence-corrected chi connectivity index (χ4v) is 3.13. The lowest BCUT2D eigenvalue weighted by atomic mass is 10.1. The first-order valence-electron chi connectivity index (χ1n) is 8.89. The zero-order valence-electron chi connectivity index (χ0n) is 15.4. The summed E-state index contributed by atoms with van der Waals surface area (Å²) in [5.74, 6) is 0.282. The molecule has 3 aromatic rings. The van der Waals surface area contributed by atoms with Gasteiger partial charge in [-0.15, -0.1) is 10.2 Å².